The summed E-state index contributed by atoms with van der Waals surface area (Å²) in [6, 6.07) is 20.1. The van der Waals surface area contributed by atoms with Gasteiger partial charge in [0, 0.05) is 4.91 Å². The molecule has 3 nitrogen and oxygen atoms in total. The largest absolute Gasteiger partial charge is 0.0859 e. The van der Waals surface area contributed by atoms with E-state index in [1.54, 1.807) is 0 Å². The lowest BCUT2D eigenvalue weighted by molar-refractivity contribution is 0.647. The van der Waals surface area contributed by atoms with Crippen LogP contribution < -0.4 is 0 Å². The molecule has 0 saturated carbocycles. The minimum Gasteiger partial charge on any atom is -0.0859 e. The van der Waals surface area contributed by atoms with E-state index in [9.17, 15) is 0 Å². The first kappa shape index (κ1) is 12.2. The van der Waals surface area contributed by atoms with Crippen molar-refractivity contribution in [3.05, 3.63) is 82.2 Å². The lowest BCUT2D eigenvalue weighted by atomic mass is 10.00. The Kier molecular flexibility index (Phi) is 4.39. The van der Waals surface area contributed by atoms with Crippen LogP contribution in [-0.4, -0.2) is 0 Å². The van der Waals surface area contributed by atoms with Crippen LogP contribution in [0.25, 0.3) is 10.4 Å². The molecule has 0 fully saturated rings. The van der Waals surface area contributed by atoms with E-state index in [-0.39, 0.29) is 6.04 Å². The zero-order valence-electron chi connectivity index (χ0n) is 10.1. The first-order valence-corrected chi connectivity index (χ1v) is 6.03. The molecule has 18 heavy (non-hydrogen) atoms. The molecule has 1 unspecified atom stereocenters. The van der Waals surface area contributed by atoms with E-state index in [0.717, 1.165) is 18.4 Å². The van der Waals surface area contributed by atoms with Crippen molar-refractivity contribution in [2.75, 3.05) is 0 Å². The summed E-state index contributed by atoms with van der Waals surface area (Å²) in [7, 11) is 0. The first-order chi connectivity index (χ1) is 8.90. The topological polar surface area (TPSA) is 48.8 Å². The molecule has 0 heterocycles. The van der Waals surface area contributed by atoms with Crippen molar-refractivity contribution in [1.82, 2.24) is 0 Å². The van der Waals surface area contributed by atoms with Gasteiger partial charge in [-0.05, 0) is 29.5 Å². The molecule has 0 amide bonds. The zero-order valence-corrected chi connectivity index (χ0v) is 10.1. The predicted molar refractivity (Wildman–Crippen MR) is 73.1 cm³/mol. The van der Waals surface area contributed by atoms with E-state index in [1.165, 1.54) is 5.56 Å². The van der Waals surface area contributed by atoms with Crippen LogP contribution in [0.15, 0.2) is 65.8 Å². The Labute approximate surface area is 107 Å². The minimum absolute atomic E-state index is 0.0867. The Bertz CT molecular complexity index is 516. The zero-order chi connectivity index (χ0) is 12.6. The van der Waals surface area contributed by atoms with Crippen molar-refractivity contribution < 1.29 is 0 Å². The molecule has 2 rings (SSSR count). The standard InChI is InChI=1S/C15H15N3/c16-18-17-15(14-9-5-2-6-10-14)12-11-13-7-3-1-4-8-13/h1-10,15H,11-12H2. The smallest absolute Gasteiger partial charge is 0.0628 e. The van der Waals surface area contributed by atoms with E-state index in [2.05, 4.69) is 22.2 Å². The van der Waals surface area contributed by atoms with Crippen LogP contribution >= 0.6 is 0 Å². The molecule has 0 aliphatic rings. The van der Waals surface area contributed by atoms with Gasteiger partial charge in [-0.1, -0.05) is 65.8 Å². The molecule has 1 atom stereocenters. The maximum Gasteiger partial charge on any atom is 0.0628 e. The Balaban J connectivity index is 2.06. The summed E-state index contributed by atoms with van der Waals surface area (Å²) in [6.07, 6.45) is 1.75. The fraction of sp³-hybridized carbons (Fsp3) is 0.200. The SMILES string of the molecule is [N-]=[N+]=NC(CCc1ccccc1)c1ccccc1. The average molecular weight is 237 g/mol. The third kappa shape index (κ3) is 3.37. The number of hydrogen-bond acceptors (Lipinski definition) is 1. The molecule has 0 saturated heterocycles. The van der Waals surface area contributed by atoms with Gasteiger partial charge in [-0.3, -0.25) is 0 Å². The molecule has 2 aromatic carbocycles. The molecule has 90 valence electrons. The van der Waals surface area contributed by atoms with E-state index in [1.807, 2.05) is 48.5 Å². The molecular weight excluding hydrogens is 222 g/mol. The van der Waals surface area contributed by atoms with Crippen LogP contribution in [-0.2, 0) is 6.42 Å². The molecule has 0 radical (unpaired) electrons. The quantitative estimate of drug-likeness (QED) is 0.412. The van der Waals surface area contributed by atoms with Crippen LogP contribution in [0.1, 0.15) is 23.6 Å². The lowest BCUT2D eigenvalue weighted by Crippen LogP contribution is -1.97. The molecule has 0 spiro atoms. The molecule has 0 aromatic heterocycles. The van der Waals surface area contributed by atoms with Crippen molar-refractivity contribution in [3.8, 4) is 0 Å². The van der Waals surface area contributed by atoms with Crippen molar-refractivity contribution in [3.63, 3.8) is 0 Å². The van der Waals surface area contributed by atoms with Crippen LogP contribution in [0.5, 0.6) is 0 Å². The number of benzene rings is 2. The van der Waals surface area contributed by atoms with Gasteiger partial charge in [0.15, 0.2) is 0 Å². The Morgan fingerprint density at radius 2 is 1.56 bits per heavy atom. The molecule has 0 N–H and O–H groups in total. The number of rotatable bonds is 5. The summed E-state index contributed by atoms with van der Waals surface area (Å²) in [6.45, 7) is 0. The lowest BCUT2D eigenvalue weighted by Gasteiger charge is -2.11. The van der Waals surface area contributed by atoms with Gasteiger partial charge in [-0.15, -0.1) is 0 Å². The highest BCUT2D eigenvalue weighted by Gasteiger charge is 2.08. The van der Waals surface area contributed by atoms with Gasteiger partial charge in [0.05, 0.1) is 6.04 Å². The monoisotopic (exact) mass is 237 g/mol. The molecule has 3 heteroatoms. The van der Waals surface area contributed by atoms with Crippen molar-refractivity contribution in [2.45, 2.75) is 18.9 Å². The van der Waals surface area contributed by atoms with Crippen molar-refractivity contribution >= 4 is 0 Å². The summed E-state index contributed by atoms with van der Waals surface area (Å²) >= 11 is 0. The van der Waals surface area contributed by atoms with E-state index in [4.69, 9.17) is 5.53 Å². The van der Waals surface area contributed by atoms with Crippen LogP contribution in [0.4, 0.5) is 0 Å². The summed E-state index contributed by atoms with van der Waals surface area (Å²) in [5.74, 6) is 0. The van der Waals surface area contributed by atoms with Gasteiger partial charge in [0.1, 0.15) is 0 Å². The third-order valence-corrected chi connectivity index (χ3v) is 2.92. The predicted octanol–water partition coefficient (Wildman–Crippen LogP) is 4.67. The highest BCUT2D eigenvalue weighted by molar-refractivity contribution is 5.20. The fourth-order valence-corrected chi connectivity index (χ4v) is 1.98. The second-order valence-corrected chi connectivity index (χ2v) is 4.16. The van der Waals surface area contributed by atoms with Crippen LogP contribution in [0.3, 0.4) is 0 Å². The highest BCUT2D eigenvalue weighted by Crippen LogP contribution is 2.23. The van der Waals surface area contributed by atoms with E-state index in [0.29, 0.717) is 0 Å². The normalized spacial score (nSPS) is 11.6. The highest BCUT2D eigenvalue weighted by atomic mass is 15.1. The molecule has 2 aromatic rings. The average Bonchev–Trinajstić information content (AvgIpc) is 2.45. The Hall–Kier alpha value is -2.25. The molecule has 0 aliphatic heterocycles. The van der Waals surface area contributed by atoms with Gasteiger partial charge >= 0.3 is 0 Å². The summed E-state index contributed by atoms with van der Waals surface area (Å²) in [5.41, 5.74) is 11.0. The maximum atomic E-state index is 8.65. The molecular formula is C15H15N3. The molecule has 0 bridgehead atoms. The van der Waals surface area contributed by atoms with Gasteiger partial charge in [0.2, 0.25) is 0 Å². The first-order valence-electron chi connectivity index (χ1n) is 6.03. The van der Waals surface area contributed by atoms with Crippen LogP contribution in [0.2, 0.25) is 0 Å². The number of hydrogen-bond donors (Lipinski definition) is 0. The minimum atomic E-state index is -0.0867. The summed E-state index contributed by atoms with van der Waals surface area (Å²) < 4.78 is 0. The van der Waals surface area contributed by atoms with Gasteiger partial charge in [-0.2, -0.15) is 0 Å². The van der Waals surface area contributed by atoms with Gasteiger partial charge < -0.3 is 0 Å². The second kappa shape index (κ2) is 6.48. The fourth-order valence-electron chi connectivity index (χ4n) is 1.98. The molecule has 0 aliphatic carbocycles. The number of nitrogens with zero attached hydrogens (tertiary/aromatic N) is 3. The Morgan fingerprint density at radius 1 is 0.944 bits per heavy atom. The van der Waals surface area contributed by atoms with Crippen molar-refractivity contribution in [1.29, 1.82) is 0 Å². The Morgan fingerprint density at radius 3 is 2.17 bits per heavy atom. The number of aryl methyl sites for hydroxylation is 1. The van der Waals surface area contributed by atoms with Crippen LogP contribution in [0, 0.1) is 0 Å². The maximum absolute atomic E-state index is 8.65. The van der Waals surface area contributed by atoms with Gasteiger partial charge in [-0.25, -0.2) is 0 Å². The third-order valence-electron chi connectivity index (χ3n) is 2.92. The number of azide groups is 1. The van der Waals surface area contributed by atoms with E-state index >= 15 is 0 Å². The summed E-state index contributed by atoms with van der Waals surface area (Å²) in [5, 5.41) is 3.89. The van der Waals surface area contributed by atoms with Crippen molar-refractivity contribution in [2.24, 2.45) is 5.11 Å². The van der Waals surface area contributed by atoms with E-state index < -0.39 is 0 Å². The van der Waals surface area contributed by atoms with Gasteiger partial charge in [0.25, 0.3) is 0 Å². The second-order valence-electron chi connectivity index (χ2n) is 4.16. The summed E-state index contributed by atoms with van der Waals surface area (Å²) in [4.78, 5) is 2.95.